The lowest BCUT2D eigenvalue weighted by atomic mass is 10.0. The first-order valence-corrected chi connectivity index (χ1v) is 7.23. The summed E-state index contributed by atoms with van der Waals surface area (Å²) in [6.45, 7) is 0.260. The van der Waals surface area contributed by atoms with Crippen LogP contribution in [0.4, 0.5) is 0 Å². The second-order valence-electron chi connectivity index (χ2n) is 4.84. The molecule has 1 atom stereocenters. The van der Waals surface area contributed by atoms with Gasteiger partial charge in [-0.25, -0.2) is 0 Å². The number of nitrogens with two attached hydrogens (primary N) is 1. The molecule has 2 N–H and O–H groups in total. The van der Waals surface area contributed by atoms with Crippen LogP contribution in [0.25, 0.3) is 0 Å². The number of halogens is 1. The molecular formula is C17H18ClNO2. The van der Waals surface area contributed by atoms with Gasteiger partial charge < -0.3 is 10.5 Å². The van der Waals surface area contributed by atoms with Crippen molar-refractivity contribution in [1.82, 2.24) is 0 Å². The van der Waals surface area contributed by atoms with Gasteiger partial charge in [-0.1, -0.05) is 54.1 Å². The Morgan fingerprint density at radius 1 is 1.10 bits per heavy atom. The fraction of sp³-hybridized carbons (Fsp3) is 0.235. The van der Waals surface area contributed by atoms with E-state index in [2.05, 4.69) is 0 Å². The molecule has 1 unspecified atom stereocenters. The molecule has 0 bridgehead atoms. The van der Waals surface area contributed by atoms with Crippen molar-refractivity contribution in [2.75, 3.05) is 0 Å². The van der Waals surface area contributed by atoms with E-state index in [1.165, 1.54) is 0 Å². The Balaban J connectivity index is 1.73. The summed E-state index contributed by atoms with van der Waals surface area (Å²) in [6, 6.07) is 16.8. The Morgan fingerprint density at radius 2 is 1.76 bits per heavy atom. The zero-order chi connectivity index (χ0) is 15.1. The van der Waals surface area contributed by atoms with E-state index >= 15 is 0 Å². The molecule has 21 heavy (non-hydrogen) atoms. The first-order chi connectivity index (χ1) is 10.1. The van der Waals surface area contributed by atoms with Crippen LogP contribution in [-0.2, 0) is 16.1 Å². The molecule has 4 heteroatoms. The average molecular weight is 304 g/mol. The van der Waals surface area contributed by atoms with Crippen LogP contribution in [0.5, 0.6) is 0 Å². The summed E-state index contributed by atoms with van der Waals surface area (Å²) < 4.78 is 5.22. The van der Waals surface area contributed by atoms with Gasteiger partial charge in [0.15, 0.2) is 0 Å². The highest BCUT2D eigenvalue weighted by molar-refractivity contribution is 6.30. The third-order valence-corrected chi connectivity index (χ3v) is 3.45. The highest BCUT2D eigenvalue weighted by atomic mass is 35.5. The molecule has 3 nitrogen and oxygen atoms in total. The minimum atomic E-state index is -0.240. The van der Waals surface area contributed by atoms with Gasteiger partial charge in [-0.3, -0.25) is 4.79 Å². The summed E-state index contributed by atoms with van der Waals surface area (Å²) in [5, 5.41) is 0.666. The van der Waals surface area contributed by atoms with Crippen molar-refractivity contribution < 1.29 is 9.53 Å². The molecule has 0 spiro atoms. The number of carbonyl (C=O) groups excluding carboxylic acids is 1. The highest BCUT2D eigenvalue weighted by Gasteiger charge is 2.10. The van der Waals surface area contributed by atoms with Gasteiger partial charge >= 0.3 is 5.97 Å². The summed E-state index contributed by atoms with van der Waals surface area (Å²) in [5.41, 5.74) is 7.99. The predicted molar refractivity (Wildman–Crippen MR) is 83.9 cm³/mol. The van der Waals surface area contributed by atoms with E-state index in [4.69, 9.17) is 22.1 Å². The van der Waals surface area contributed by atoms with E-state index < -0.39 is 0 Å². The van der Waals surface area contributed by atoms with Crippen LogP contribution in [0.1, 0.15) is 30.0 Å². The van der Waals surface area contributed by atoms with Gasteiger partial charge in [0.05, 0.1) is 0 Å². The number of carbonyl (C=O) groups is 1. The molecule has 0 aromatic heterocycles. The minimum absolute atomic E-state index is 0.144. The van der Waals surface area contributed by atoms with Crippen LogP contribution in [0, 0.1) is 0 Å². The van der Waals surface area contributed by atoms with E-state index in [0.29, 0.717) is 17.9 Å². The monoisotopic (exact) mass is 303 g/mol. The number of hydrogen-bond donors (Lipinski definition) is 1. The smallest absolute Gasteiger partial charge is 0.306 e. The molecular weight excluding hydrogens is 286 g/mol. The summed E-state index contributed by atoms with van der Waals surface area (Å²) >= 11 is 5.80. The molecule has 0 aliphatic heterocycles. The van der Waals surface area contributed by atoms with Crippen LogP contribution < -0.4 is 5.73 Å². The lowest BCUT2D eigenvalue weighted by Gasteiger charge is -2.11. The third-order valence-electron chi connectivity index (χ3n) is 3.20. The second kappa shape index (κ2) is 7.81. The van der Waals surface area contributed by atoms with Crippen molar-refractivity contribution in [3.05, 3.63) is 70.7 Å². The van der Waals surface area contributed by atoms with Crippen molar-refractivity contribution in [3.8, 4) is 0 Å². The molecule has 0 saturated carbocycles. The quantitative estimate of drug-likeness (QED) is 0.824. The van der Waals surface area contributed by atoms with Crippen molar-refractivity contribution in [2.24, 2.45) is 5.73 Å². The normalized spacial score (nSPS) is 11.9. The zero-order valence-corrected chi connectivity index (χ0v) is 12.4. The summed E-state index contributed by atoms with van der Waals surface area (Å²) in [6.07, 6.45) is 0.882. The number of hydrogen-bond acceptors (Lipinski definition) is 3. The van der Waals surface area contributed by atoms with Crippen molar-refractivity contribution in [2.45, 2.75) is 25.5 Å². The maximum absolute atomic E-state index is 11.7. The average Bonchev–Trinajstić information content (AvgIpc) is 2.53. The molecule has 0 saturated heterocycles. The largest absolute Gasteiger partial charge is 0.461 e. The van der Waals surface area contributed by atoms with Crippen LogP contribution in [0.15, 0.2) is 54.6 Å². The lowest BCUT2D eigenvalue weighted by molar-refractivity contribution is -0.145. The minimum Gasteiger partial charge on any atom is -0.461 e. The maximum atomic E-state index is 11.7. The van der Waals surface area contributed by atoms with Crippen molar-refractivity contribution in [3.63, 3.8) is 0 Å². The van der Waals surface area contributed by atoms with Crippen LogP contribution in [-0.4, -0.2) is 5.97 Å². The molecule has 0 aliphatic carbocycles. The summed E-state index contributed by atoms with van der Waals surface area (Å²) in [4.78, 5) is 11.7. The topological polar surface area (TPSA) is 52.3 Å². The Kier molecular flexibility index (Phi) is 5.78. The molecule has 2 rings (SSSR count). The van der Waals surface area contributed by atoms with Gasteiger partial charge in [0.25, 0.3) is 0 Å². The molecule has 0 amide bonds. The molecule has 2 aromatic rings. The number of rotatable bonds is 6. The van der Waals surface area contributed by atoms with Crippen LogP contribution in [0.3, 0.4) is 0 Å². The lowest BCUT2D eigenvalue weighted by Crippen LogP contribution is -2.13. The van der Waals surface area contributed by atoms with E-state index in [9.17, 15) is 4.79 Å². The maximum Gasteiger partial charge on any atom is 0.306 e. The Bertz CT molecular complexity index is 569. The Morgan fingerprint density at radius 3 is 2.43 bits per heavy atom. The van der Waals surface area contributed by atoms with Crippen LogP contribution in [0.2, 0.25) is 5.02 Å². The van der Waals surface area contributed by atoms with Gasteiger partial charge in [0, 0.05) is 17.5 Å². The van der Waals surface area contributed by atoms with Gasteiger partial charge in [0.1, 0.15) is 6.61 Å². The van der Waals surface area contributed by atoms with Gasteiger partial charge in [-0.2, -0.15) is 0 Å². The SMILES string of the molecule is NC(CCC(=O)OCc1ccc(Cl)cc1)c1ccccc1. The summed E-state index contributed by atoms with van der Waals surface area (Å²) in [7, 11) is 0. The van der Waals surface area contributed by atoms with Gasteiger partial charge in [-0.15, -0.1) is 0 Å². The fourth-order valence-electron chi connectivity index (χ4n) is 1.96. The highest BCUT2D eigenvalue weighted by Crippen LogP contribution is 2.16. The van der Waals surface area contributed by atoms with E-state index in [-0.39, 0.29) is 18.6 Å². The van der Waals surface area contributed by atoms with Gasteiger partial charge in [0.2, 0.25) is 0 Å². The molecule has 0 fully saturated rings. The predicted octanol–water partition coefficient (Wildman–Crippen LogP) is 3.86. The van der Waals surface area contributed by atoms with E-state index in [1.54, 1.807) is 12.1 Å². The standard InChI is InChI=1S/C17H18ClNO2/c18-15-8-6-13(7-9-15)12-21-17(20)11-10-16(19)14-4-2-1-3-5-14/h1-9,16H,10-12,19H2. The number of esters is 1. The van der Waals surface area contributed by atoms with E-state index in [1.807, 2.05) is 42.5 Å². The molecule has 0 heterocycles. The van der Waals surface area contributed by atoms with Crippen molar-refractivity contribution in [1.29, 1.82) is 0 Å². The molecule has 0 radical (unpaired) electrons. The first-order valence-electron chi connectivity index (χ1n) is 6.86. The summed E-state index contributed by atoms with van der Waals surface area (Å²) in [5.74, 6) is -0.240. The number of benzene rings is 2. The molecule has 2 aromatic carbocycles. The Hall–Kier alpha value is -1.84. The Labute approximate surface area is 129 Å². The van der Waals surface area contributed by atoms with Gasteiger partial charge in [-0.05, 0) is 29.7 Å². The molecule has 0 aliphatic rings. The second-order valence-corrected chi connectivity index (χ2v) is 5.28. The van der Waals surface area contributed by atoms with Crippen molar-refractivity contribution >= 4 is 17.6 Å². The third kappa shape index (κ3) is 5.21. The number of ether oxygens (including phenoxy) is 1. The van der Waals surface area contributed by atoms with E-state index in [0.717, 1.165) is 11.1 Å². The first kappa shape index (κ1) is 15.5. The molecule has 110 valence electrons. The van der Waals surface area contributed by atoms with Crippen LogP contribution >= 0.6 is 11.6 Å². The fourth-order valence-corrected chi connectivity index (χ4v) is 2.08. The zero-order valence-electron chi connectivity index (χ0n) is 11.7.